The maximum Gasteiger partial charge on any atom is 0.189 e. The van der Waals surface area contributed by atoms with Crippen LogP contribution >= 0.6 is 0 Å². The number of ether oxygens (including phenoxy) is 2. The Hall–Kier alpha value is -3.79. The smallest absolute Gasteiger partial charge is 0.189 e. The topological polar surface area (TPSA) is 55.8 Å². The van der Waals surface area contributed by atoms with E-state index in [4.69, 9.17) is 9.47 Å². The second-order valence-electron chi connectivity index (χ2n) is 7.31. The lowest BCUT2D eigenvalue weighted by Crippen LogP contribution is -1.98. The molecule has 0 aliphatic rings. The predicted octanol–water partition coefficient (Wildman–Crippen LogP) is 6.21. The Morgan fingerprint density at radius 1 is 0.903 bits per heavy atom. The first-order valence-corrected chi connectivity index (χ1v) is 10.1. The molecule has 0 fully saturated rings. The zero-order chi connectivity index (χ0) is 22.1. The van der Waals surface area contributed by atoms with Crippen LogP contribution in [0.1, 0.15) is 35.3 Å². The summed E-state index contributed by atoms with van der Waals surface area (Å²) in [6.45, 7) is 4.89. The van der Waals surface area contributed by atoms with E-state index >= 15 is 0 Å². The van der Waals surface area contributed by atoms with Gasteiger partial charge in [0, 0.05) is 6.07 Å². The molecule has 4 nitrogen and oxygen atoms in total. The van der Waals surface area contributed by atoms with Crippen LogP contribution in [0.3, 0.4) is 0 Å². The van der Waals surface area contributed by atoms with Gasteiger partial charge in [-0.05, 0) is 61.4 Å². The Bertz CT molecular complexity index is 1060. The van der Waals surface area contributed by atoms with Gasteiger partial charge in [-0.25, -0.2) is 0 Å². The van der Waals surface area contributed by atoms with Gasteiger partial charge >= 0.3 is 0 Å². The molecule has 0 atom stereocenters. The van der Waals surface area contributed by atoms with Gasteiger partial charge in [-0.1, -0.05) is 54.1 Å². The molecule has 0 aromatic heterocycles. The van der Waals surface area contributed by atoms with Gasteiger partial charge in [0.25, 0.3) is 0 Å². The molecular formula is C27H26O4. The minimum absolute atomic E-state index is 0.103. The number of hydrogen-bond acceptors (Lipinski definition) is 4. The number of carbonyl (C=O) groups is 1. The summed E-state index contributed by atoms with van der Waals surface area (Å²) in [6, 6.07) is 22.1. The first-order valence-electron chi connectivity index (χ1n) is 10.1. The molecule has 0 bridgehead atoms. The molecular weight excluding hydrogens is 388 g/mol. The van der Waals surface area contributed by atoms with Gasteiger partial charge in [-0.3, -0.25) is 4.79 Å². The lowest BCUT2D eigenvalue weighted by molar-refractivity contribution is 0.104. The standard InChI is InChI=1S/C27H26O4/c1-20(2)16-17-30-24-13-14-25(27(29)18-24)26(28)15-10-21-8-11-23(12-9-21)31-19-22-6-4-3-5-7-22/h3-16,18,29H,17,19H2,1-2H3/b15-10+. The summed E-state index contributed by atoms with van der Waals surface area (Å²) in [6.07, 6.45) is 5.09. The van der Waals surface area contributed by atoms with Crippen LogP contribution in [0, 0.1) is 0 Å². The number of aromatic hydroxyl groups is 1. The zero-order valence-electron chi connectivity index (χ0n) is 17.7. The highest BCUT2D eigenvalue weighted by Gasteiger charge is 2.09. The van der Waals surface area contributed by atoms with E-state index in [9.17, 15) is 9.90 Å². The van der Waals surface area contributed by atoms with Crippen LogP contribution in [-0.2, 0) is 6.61 Å². The van der Waals surface area contributed by atoms with E-state index in [-0.39, 0.29) is 17.1 Å². The summed E-state index contributed by atoms with van der Waals surface area (Å²) in [5.74, 6) is 0.891. The molecule has 1 N–H and O–H groups in total. The van der Waals surface area contributed by atoms with E-state index < -0.39 is 0 Å². The summed E-state index contributed by atoms with van der Waals surface area (Å²) in [4.78, 5) is 12.5. The number of phenols is 1. The molecule has 0 saturated carbocycles. The van der Waals surface area contributed by atoms with Crippen molar-refractivity contribution in [3.05, 3.63) is 107 Å². The monoisotopic (exact) mass is 414 g/mol. The Labute approximate surface area is 183 Å². The predicted molar refractivity (Wildman–Crippen MR) is 124 cm³/mol. The van der Waals surface area contributed by atoms with Crippen LogP contribution in [0.4, 0.5) is 0 Å². The van der Waals surface area contributed by atoms with Crippen LogP contribution in [-0.4, -0.2) is 17.5 Å². The van der Waals surface area contributed by atoms with Crippen LogP contribution in [0.15, 0.2) is 90.5 Å². The number of ketones is 1. The fraction of sp³-hybridized carbons (Fsp3) is 0.148. The van der Waals surface area contributed by atoms with Crippen molar-refractivity contribution in [1.29, 1.82) is 0 Å². The Morgan fingerprint density at radius 2 is 1.61 bits per heavy atom. The van der Waals surface area contributed by atoms with Crippen molar-refractivity contribution in [2.75, 3.05) is 6.61 Å². The maximum absolute atomic E-state index is 12.5. The molecule has 0 heterocycles. The molecule has 0 amide bonds. The van der Waals surface area contributed by atoms with Gasteiger partial charge in [-0.15, -0.1) is 0 Å². The van der Waals surface area contributed by atoms with Crippen LogP contribution in [0.5, 0.6) is 17.2 Å². The van der Waals surface area contributed by atoms with Gasteiger partial charge in [0.2, 0.25) is 0 Å². The van der Waals surface area contributed by atoms with Crippen molar-refractivity contribution in [3.8, 4) is 17.2 Å². The number of benzene rings is 3. The van der Waals surface area contributed by atoms with Gasteiger partial charge in [0.15, 0.2) is 5.78 Å². The highest BCUT2D eigenvalue weighted by molar-refractivity contribution is 6.08. The van der Waals surface area contributed by atoms with E-state index in [2.05, 4.69) is 0 Å². The molecule has 0 radical (unpaired) electrons. The van der Waals surface area contributed by atoms with E-state index in [0.29, 0.717) is 19.0 Å². The third-order valence-corrected chi connectivity index (χ3v) is 4.53. The van der Waals surface area contributed by atoms with E-state index in [0.717, 1.165) is 22.4 Å². The Kier molecular flexibility index (Phi) is 7.66. The van der Waals surface area contributed by atoms with Crippen molar-refractivity contribution in [3.63, 3.8) is 0 Å². The molecule has 0 spiro atoms. The zero-order valence-corrected chi connectivity index (χ0v) is 17.7. The van der Waals surface area contributed by atoms with Crippen LogP contribution < -0.4 is 9.47 Å². The molecule has 3 rings (SSSR count). The average molecular weight is 415 g/mol. The fourth-order valence-corrected chi connectivity index (χ4v) is 2.79. The highest BCUT2D eigenvalue weighted by Crippen LogP contribution is 2.25. The minimum Gasteiger partial charge on any atom is -0.507 e. The third-order valence-electron chi connectivity index (χ3n) is 4.53. The number of carbonyl (C=O) groups excluding carboxylic acids is 1. The Morgan fingerprint density at radius 3 is 2.29 bits per heavy atom. The first kappa shape index (κ1) is 21.9. The van der Waals surface area contributed by atoms with Gasteiger partial charge in [-0.2, -0.15) is 0 Å². The van der Waals surface area contributed by atoms with E-state index in [1.807, 2.05) is 74.5 Å². The summed E-state index contributed by atoms with van der Waals surface area (Å²) < 4.78 is 11.3. The number of rotatable bonds is 9. The summed E-state index contributed by atoms with van der Waals surface area (Å²) >= 11 is 0. The largest absolute Gasteiger partial charge is 0.507 e. The average Bonchev–Trinajstić information content (AvgIpc) is 2.77. The minimum atomic E-state index is -0.280. The summed E-state index contributed by atoms with van der Waals surface area (Å²) in [7, 11) is 0. The van der Waals surface area contributed by atoms with Crippen molar-refractivity contribution in [1.82, 2.24) is 0 Å². The SMILES string of the molecule is CC(C)=CCOc1ccc(C(=O)/C=C/c2ccc(OCc3ccccc3)cc2)c(O)c1. The van der Waals surface area contributed by atoms with Crippen LogP contribution in [0.2, 0.25) is 0 Å². The lowest BCUT2D eigenvalue weighted by atomic mass is 10.1. The van der Waals surface area contributed by atoms with Crippen molar-refractivity contribution >= 4 is 11.9 Å². The third kappa shape index (κ3) is 6.89. The number of phenolic OH excluding ortho intramolecular Hbond substituents is 1. The highest BCUT2D eigenvalue weighted by atomic mass is 16.5. The van der Waals surface area contributed by atoms with Crippen molar-refractivity contribution in [2.24, 2.45) is 0 Å². The van der Waals surface area contributed by atoms with Gasteiger partial charge in [0.1, 0.15) is 30.5 Å². The molecule has 3 aromatic rings. The van der Waals surface area contributed by atoms with Gasteiger partial charge < -0.3 is 14.6 Å². The molecule has 0 saturated heterocycles. The maximum atomic E-state index is 12.5. The molecule has 0 unspecified atom stereocenters. The van der Waals surface area contributed by atoms with Gasteiger partial charge in [0.05, 0.1) is 5.56 Å². The normalized spacial score (nSPS) is 10.6. The quantitative estimate of drug-likeness (QED) is 0.257. The Balaban J connectivity index is 1.57. The molecule has 3 aromatic carbocycles. The molecule has 158 valence electrons. The second kappa shape index (κ2) is 10.8. The summed E-state index contributed by atoms with van der Waals surface area (Å²) in [5.41, 5.74) is 3.34. The molecule has 31 heavy (non-hydrogen) atoms. The van der Waals surface area contributed by atoms with Crippen molar-refractivity contribution < 1.29 is 19.4 Å². The second-order valence-corrected chi connectivity index (χ2v) is 7.31. The van der Waals surface area contributed by atoms with E-state index in [1.165, 1.54) is 12.1 Å². The van der Waals surface area contributed by atoms with Crippen LogP contribution in [0.25, 0.3) is 6.08 Å². The fourth-order valence-electron chi connectivity index (χ4n) is 2.79. The molecule has 0 aliphatic heterocycles. The summed E-state index contributed by atoms with van der Waals surface area (Å²) in [5, 5.41) is 10.2. The number of hydrogen-bond donors (Lipinski definition) is 1. The first-order chi connectivity index (χ1) is 15.0. The number of allylic oxidation sites excluding steroid dienone is 2. The molecule has 0 aliphatic carbocycles. The van der Waals surface area contributed by atoms with Crippen molar-refractivity contribution in [2.45, 2.75) is 20.5 Å². The molecule has 4 heteroatoms. The lowest BCUT2D eigenvalue weighted by Gasteiger charge is -2.07. The van der Waals surface area contributed by atoms with E-state index in [1.54, 1.807) is 18.2 Å².